The predicted molar refractivity (Wildman–Crippen MR) is 85.8 cm³/mol. The van der Waals surface area contributed by atoms with Gasteiger partial charge in [0.15, 0.2) is 5.78 Å². The molecule has 1 saturated heterocycles. The van der Waals surface area contributed by atoms with Crippen molar-refractivity contribution in [3.05, 3.63) is 21.9 Å². The maximum Gasteiger partial charge on any atom is 0.189 e. The minimum atomic E-state index is 0.0806. The zero-order valence-corrected chi connectivity index (χ0v) is 13.7. The molecule has 1 aliphatic heterocycles. The number of carbonyl (C=O) groups excluding carboxylic acids is 1. The topological polar surface area (TPSA) is 23.6 Å². The molecule has 1 unspecified atom stereocenters. The van der Waals surface area contributed by atoms with Gasteiger partial charge in [0.1, 0.15) is 0 Å². The summed E-state index contributed by atoms with van der Waals surface area (Å²) in [5.74, 6) is 0.334. The first-order chi connectivity index (χ1) is 9.65. The van der Waals surface area contributed by atoms with Crippen LogP contribution in [0.25, 0.3) is 0 Å². The molecule has 3 nitrogen and oxygen atoms in total. The zero-order chi connectivity index (χ0) is 14.5. The first kappa shape index (κ1) is 15.7. The van der Waals surface area contributed by atoms with Crippen LogP contribution in [0, 0.1) is 0 Å². The van der Waals surface area contributed by atoms with E-state index in [1.165, 1.54) is 4.88 Å². The number of carbonyl (C=O) groups is 1. The van der Waals surface area contributed by atoms with Crippen LogP contribution in [0.1, 0.15) is 41.2 Å². The first-order valence-corrected chi connectivity index (χ1v) is 8.52. The second-order valence-electron chi connectivity index (χ2n) is 5.63. The van der Waals surface area contributed by atoms with Gasteiger partial charge in [0.05, 0.1) is 10.9 Å². The molecule has 0 aromatic carbocycles. The number of nitrogens with zero attached hydrogens (tertiary/aromatic N) is 2. The SMILES string of the molecule is CCCC(C(=O)c1ccc(CC)s1)N1CCN(C)CC1. The van der Waals surface area contributed by atoms with Crippen molar-refractivity contribution < 1.29 is 4.79 Å². The summed E-state index contributed by atoms with van der Waals surface area (Å²) in [6, 6.07) is 4.20. The Hall–Kier alpha value is -0.710. The molecule has 0 saturated carbocycles. The molecule has 0 aliphatic carbocycles. The van der Waals surface area contributed by atoms with E-state index in [2.05, 4.69) is 36.8 Å². The lowest BCUT2D eigenvalue weighted by Gasteiger charge is -2.37. The van der Waals surface area contributed by atoms with Crippen molar-refractivity contribution in [1.82, 2.24) is 9.80 Å². The molecule has 0 N–H and O–H groups in total. The summed E-state index contributed by atoms with van der Waals surface area (Å²) < 4.78 is 0. The van der Waals surface area contributed by atoms with Crippen molar-refractivity contribution in [2.24, 2.45) is 0 Å². The Balaban J connectivity index is 2.08. The van der Waals surface area contributed by atoms with Crippen molar-refractivity contribution in [2.45, 2.75) is 39.2 Å². The fourth-order valence-corrected chi connectivity index (χ4v) is 3.69. The van der Waals surface area contributed by atoms with Gasteiger partial charge in [0.25, 0.3) is 0 Å². The largest absolute Gasteiger partial charge is 0.304 e. The fourth-order valence-electron chi connectivity index (χ4n) is 2.75. The van der Waals surface area contributed by atoms with Crippen molar-refractivity contribution in [3.63, 3.8) is 0 Å². The van der Waals surface area contributed by atoms with E-state index >= 15 is 0 Å². The summed E-state index contributed by atoms with van der Waals surface area (Å²) in [4.78, 5) is 19.8. The Bertz CT molecular complexity index is 435. The van der Waals surface area contributed by atoms with Crippen LogP contribution in [0.15, 0.2) is 12.1 Å². The third-order valence-electron chi connectivity index (χ3n) is 4.10. The highest BCUT2D eigenvalue weighted by molar-refractivity contribution is 7.14. The van der Waals surface area contributed by atoms with Crippen LogP contribution in [0.2, 0.25) is 0 Å². The lowest BCUT2D eigenvalue weighted by Crippen LogP contribution is -2.51. The molecule has 1 atom stereocenters. The molecule has 1 aromatic rings. The maximum atomic E-state index is 12.8. The number of rotatable bonds is 6. The highest BCUT2D eigenvalue weighted by Gasteiger charge is 2.28. The molecule has 0 bridgehead atoms. The minimum absolute atomic E-state index is 0.0806. The minimum Gasteiger partial charge on any atom is -0.304 e. The van der Waals surface area contributed by atoms with E-state index in [0.29, 0.717) is 5.78 Å². The Morgan fingerprint density at radius 3 is 2.50 bits per heavy atom. The van der Waals surface area contributed by atoms with E-state index in [-0.39, 0.29) is 6.04 Å². The van der Waals surface area contributed by atoms with Crippen molar-refractivity contribution >= 4 is 17.1 Å². The van der Waals surface area contributed by atoms with E-state index in [0.717, 1.165) is 50.3 Å². The van der Waals surface area contributed by atoms with Crippen LogP contribution in [0.4, 0.5) is 0 Å². The van der Waals surface area contributed by atoms with Gasteiger partial charge < -0.3 is 4.90 Å². The van der Waals surface area contributed by atoms with Crippen LogP contribution in [0.3, 0.4) is 0 Å². The van der Waals surface area contributed by atoms with Crippen LogP contribution in [-0.2, 0) is 6.42 Å². The van der Waals surface area contributed by atoms with E-state index in [9.17, 15) is 4.79 Å². The van der Waals surface area contributed by atoms with E-state index in [1.54, 1.807) is 11.3 Å². The molecule has 0 amide bonds. The van der Waals surface area contributed by atoms with Crippen LogP contribution in [0.5, 0.6) is 0 Å². The molecular weight excluding hydrogens is 268 g/mol. The number of piperazine rings is 1. The predicted octanol–water partition coefficient (Wildman–Crippen LogP) is 2.91. The van der Waals surface area contributed by atoms with Crippen LogP contribution in [-0.4, -0.2) is 54.9 Å². The molecule has 1 fully saturated rings. The maximum absolute atomic E-state index is 12.8. The smallest absolute Gasteiger partial charge is 0.189 e. The summed E-state index contributed by atoms with van der Waals surface area (Å²) in [7, 11) is 2.15. The normalized spacial score (nSPS) is 19.1. The van der Waals surface area contributed by atoms with Crippen LogP contribution < -0.4 is 0 Å². The third-order valence-corrected chi connectivity index (χ3v) is 5.34. The number of Topliss-reactive ketones (excluding diaryl/α,β-unsaturated/α-hetero) is 1. The quantitative estimate of drug-likeness (QED) is 0.754. The van der Waals surface area contributed by atoms with Crippen LogP contribution >= 0.6 is 11.3 Å². The molecule has 0 spiro atoms. The molecule has 1 aromatic heterocycles. The van der Waals surface area contributed by atoms with Gasteiger partial charge in [-0.15, -0.1) is 11.3 Å². The second kappa shape index (κ2) is 7.34. The zero-order valence-electron chi connectivity index (χ0n) is 12.9. The van der Waals surface area contributed by atoms with Crippen molar-refractivity contribution in [3.8, 4) is 0 Å². The fraction of sp³-hybridized carbons (Fsp3) is 0.688. The number of aryl methyl sites for hydroxylation is 1. The summed E-state index contributed by atoms with van der Waals surface area (Å²) in [6.45, 7) is 8.47. The summed E-state index contributed by atoms with van der Waals surface area (Å²) in [6.07, 6.45) is 3.06. The standard InChI is InChI=1S/C16H26N2OS/c1-4-6-14(18-11-9-17(3)10-12-18)16(19)15-8-7-13(5-2)20-15/h7-8,14H,4-6,9-12H2,1-3H3. The molecule has 4 heteroatoms. The van der Waals surface area contributed by atoms with Gasteiger partial charge in [-0.25, -0.2) is 0 Å². The van der Waals surface area contributed by atoms with Gasteiger partial charge in [0.2, 0.25) is 0 Å². The average Bonchev–Trinajstić information content (AvgIpc) is 2.94. The number of hydrogen-bond donors (Lipinski definition) is 0. The summed E-state index contributed by atoms with van der Waals surface area (Å²) in [5.41, 5.74) is 0. The van der Waals surface area contributed by atoms with Gasteiger partial charge >= 0.3 is 0 Å². The number of thiophene rings is 1. The van der Waals surface area contributed by atoms with Crippen molar-refractivity contribution in [2.75, 3.05) is 33.2 Å². The number of hydrogen-bond acceptors (Lipinski definition) is 4. The Morgan fingerprint density at radius 2 is 1.95 bits per heavy atom. The molecule has 2 heterocycles. The molecule has 112 valence electrons. The molecule has 2 rings (SSSR count). The van der Waals surface area contributed by atoms with Gasteiger partial charge in [-0.1, -0.05) is 20.3 Å². The number of likely N-dealkylation sites (N-methyl/N-ethyl adjacent to an activating group) is 1. The third kappa shape index (κ3) is 3.68. The van der Waals surface area contributed by atoms with E-state index in [1.807, 2.05) is 6.07 Å². The highest BCUT2D eigenvalue weighted by atomic mass is 32.1. The average molecular weight is 294 g/mol. The second-order valence-corrected chi connectivity index (χ2v) is 6.80. The first-order valence-electron chi connectivity index (χ1n) is 7.71. The monoisotopic (exact) mass is 294 g/mol. The lowest BCUT2D eigenvalue weighted by atomic mass is 10.0. The number of ketones is 1. The Kier molecular flexibility index (Phi) is 5.75. The van der Waals surface area contributed by atoms with Gasteiger partial charge in [-0.2, -0.15) is 0 Å². The summed E-state index contributed by atoms with van der Waals surface area (Å²) in [5, 5.41) is 0. The van der Waals surface area contributed by atoms with Gasteiger partial charge in [-0.3, -0.25) is 9.69 Å². The van der Waals surface area contributed by atoms with Crippen molar-refractivity contribution in [1.29, 1.82) is 0 Å². The molecule has 20 heavy (non-hydrogen) atoms. The molecular formula is C16H26N2OS. The molecule has 0 radical (unpaired) electrons. The summed E-state index contributed by atoms with van der Waals surface area (Å²) >= 11 is 1.67. The van der Waals surface area contributed by atoms with Gasteiger partial charge in [-0.05, 0) is 32.0 Å². The highest BCUT2D eigenvalue weighted by Crippen LogP contribution is 2.22. The van der Waals surface area contributed by atoms with Gasteiger partial charge in [0, 0.05) is 31.1 Å². The van der Waals surface area contributed by atoms with E-state index < -0.39 is 0 Å². The Morgan fingerprint density at radius 1 is 1.25 bits per heavy atom. The molecule has 1 aliphatic rings. The lowest BCUT2D eigenvalue weighted by molar-refractivity contribution is 0.0690. The Labute approximate surface area is 126 Å². The van der Waals surface area contributed by atoms with E-state index in [4.69, 9.17) is 0 Å².